The summed E-state index contributed by atoms with van der Waals surface area (Å²) in [7, 11) is -3.54. The maximum absolute atomic E-state index is 12.4. The summed E-state index contributed by atoms with van der Waals surface area (Å²) in [6.45, 7) is 5.46. The number of nitrogens with one attached hydrogen (secondary N) is 1. The van der Waals surface area contributed by atoms with E-state index in [-0.39, 0.29) is 17.5 Å². The van der Waals surface area contributed by atoms with E-state index in [1.54, 1.807) is 13.8 Å². The summed E-state index contributed by atoms with van der Waals surface area (Å²) in [5.41, 5.74) is 6.18. The van der Waals surface area contributed by atoms with E-state index in [1.165, 1.54) is 0 Å². The molecule has 0 spiro atoms. The van der Waals surface area contributed by atoms with Gasteiger partial charge in [-0.1, -0.05) is 0 Å². The van der Waals surface area contributed by atoms with Crippen LogP contribution in [-0.4, -0.2) is 14.5 Å². The van der Waals surface area contributed by atoms with E-state index in [0.717, 1.165) is 12.8 Å². The van der Waals surface area contributed by atoms with E-state index in [4.69, 9.17) is 10.2 Å². The number of hydrogen-bond donors (Lipinski definition) is 2. The van der Waals surface area contributed by atoms with Crippen molar-refractivity contribution in [3.63, 3.8) is 0 Å². The molecule has 5 nitrogen and oxygen atoms in total. The summed E-state index contributed by atoms with van der Waals surface area (Å²) < 4.78 is 32.8. The number of nitrogens with two attached hydrogens (primary N) is 1. The summed E-state index contributed by atoms with van der Waals surface area (Å²) >= 11 is 0. The number of sulfonamides is 1. The van der Waals surface area contributed by atoms with Crippen LogP contribution in [0.15, 0.2) is 9.31 Å². The minimum atomic E-state index is -3.54. The van der Waals surface area contributed by atoms with Gasteiger partial charge in [0.2, 0.25) is 10.0 Å². The lowest BCUT2D eigenvalue weighted by Gasteiger charge is -2.13. The Morgan fingerprint density at radius 2 is 2.00 bits per heavy atom. The molecule has 0 saturated heterocycles. The molecule has 0 bridgehead atoms. The Kier molecular flexibility index (Phi) is 3.53. The van der Waals surface area contributed by atoms with Gasteiger partial charge in [0, 0.05) is 18.2 Å². The summed E-state index contributed by atoms with van der Waals surface area (Å²) in [6.07, 6.45) is 2.19. The van der Waals surface area contributed by atoms with Crippen LogP contribution >= 0.6 is 0 Å². The standard InChI is InChI=1S/C12H20N2O3S/c1-7(10-4-5-10)14-18(15,16)12-9(3)17-8(2)11(12)6-13/h7,10,14H,4-6,13H2,1-3H3. The maximum atomic E-state index is 12.4. The summed E-state index contributed by atoms with van der Waals surface area (Å²) in [5.74, 6) is 1.45. The fourth-order valence-corrected chi connectivity index (χ4v) is 4.07. The lowest BCUT2D eigenvalue weighted by molar-refractivity contribution is 0.492. The van der Waals surface area contributed by atoms with Crippen molar-refractivity contribution >= 4 is 10.0 Å². The van der Waals surface area contributed by atoms with Gasteiger partial charge in [0.15, 0.2) is 0 Å². The van der Waals surface area contributed by atoms with Crippen LogP contribution in [0.1, 0.15) is 36.8 Å². The van der Waals surface area contributed by atoms with Crippen molar-refractivity contribution < 1.29 is 12.8 Å². The van der Waals surface area contributed by atoms with Crippen molar-refractivity contribution in [3.05, 3.63) is 17.1 Å². The molecular formula is C12H20N2O3S. The Balaban J connectivity index is 2.34. The molecule has 1 heterocycles. The minimum absolute atomic E-state index is 0.0322. The molecular weight excluding hydrogens is 252 g/mol. The predicted octanol–water partition coefficient (Wildman–Crippen LogP) is 1.43. The van der Waals surface area contributed by atoms with Gasteiger partial charge in [0.1, 0.15) is 16.4 Å². The molecule has 2 rings (SSSR count). The van der Waals surface area contributed by atoms with Gasteiger partial charge in [-0.05, 0) is 39.5 Å². The van der Waals surface area contributed by atoms with Crippen molar-refractivity contribution in [1.82, 2.24) is 4.72 Å². The van der Waals surface area contributed by atoms with Gasteiger partial charge >= 0.3 is 0 Å². The van der Waals surface area contributed by atoms with Crippen LogP contribution in [-0.2, 0) is 16.6 Å². The third-order valence-electron chi connectivity index (χ3n) is 3.47. The first-order valence-corrected chi connectivity index (χ1v) is 7.66. The number of rotatable bonds is 5. The highest BCUT2D eigenvalue weighted by atomic mass is 32.2. The van der Waals surface area contributed by atoms with Gasteiger partial charge < -0.3 is 10.2 Å². The molecule has 6 heteroatoms. The molecule has 1 saturated carbocycles. The molecule has 1 aliphatic carbocycles. The molecule has 1 fully saturated rings. The third-order valence-corrected chi connectivity index (χ3v) is 5.22. The Morgan fingerprint density at radius 1 is 1.39 bits per heavy atom. The highest BCUT2D eigenvalue weighted by molar-refractivity contribution is 7.89. The Bertz CT molecular complexity index is 544. The first kappa shape index (κ1) is 13.6. The van der Waals surface area contributed by atoms with Crippen molar-refractivity contribution in [2.24, 2.45) is 11.7 Å². The molecule has 0 amide bonds. The second kappa shape index (κ2) is 4.68. The van der Waals surface area contributed by atoms with Crippen LogP contribution < -0.4 is 10.5 Å². The van der Waals surface area contributed by atoms with E-state index in [1.807, 2.05) is 6.92 Å². The SMILES string of the molecule is Cc1oc(C)c(S(=O)(=O)NC(C)C2CC2)c1CN. The van der Waals surface area contributed by atoms with Gasteiger partial charge in [-0.2, -0.15) is 0 Å². The highest BCUT2D eigenvalue weighted by Gasteiger charge is 2.33. The molecule has 1 aromatic rings. The molecule has 3 N–H and O–H groups in total. The van der Waals surface area contributed by atoms with Crippen molar-refractivity contribution in [1.29, 1.82) is 0 Å². The topological polar surface area (TPSA) is 85.3 Å². The molecule has 1 atom stereocenters. The summed E-state index contributed by atoms with van der Waals surface area (Å²) in [5, 5.41) is 0. The molecule has 18 heavy (non-hydrogen) atoms. The fraction of sp³-hybridized carbons (Fsp3) is 0.667. The zero-order valence-electron chi connectivity index (χ0n) is 11.0. The summed E-state index contributed by atoms with van der Waals surface area (Å²) in [4.78, 5) is 0.218. The minimum Gasteiger partial charge on any atom is -0.465 e. The van der Waals surface area contributed by atoms with Crippen LogP contribution in [0.25, 0.3) is 0 Å². The Morgan fingerprint density at radius 3 is 2.50 bits per heavy atom. The normalized spacial score (nSPS) is 18.0. The first-order chi connectivity index (χ1) is 8.36. The molecule has 102 valence electrons. The lowest BCUT2D eigenvalue weighted by Crippen LogP contribution is -2.34. The smallest absolute Gasteiger partial charge is 0.244 e. The first-order valence-electron chi connectivity index (χ1n) is 6.18. The number of hydrogen-bond acceptors (Lipinski definition) is 4. The zero-order valence-corrected chi connectivity index (χ0v) is 11.8. The number of aryl methyl sites for hydroxylation is 2. The second-order valence-corrected chi connectivity index (χ2v) is 6.62. The zero-order chi connectivity index (χ0) is 13.5. The Hall–Kier alpha value is -0.850. The van der Waals surface area contributed by atoms with Crippen LogP contribution in [0.4, 0.5) is 0 Å². The molecule has 1 aliphatic rings. The molecule has 0 aromatic carbocycles. The second-order valence-electron chi connectivity index (χ2n) is 4.97. The van der Waals surface area contributed by atoms with Gasteiger partial charge in [-0.25, -0.2) is 13.1 Å². The van der Waals surface area contributed by atoms with E-state index in [2.05, 4.69) is 4.72 Å². The van der Waals surface area contributed by atoms with E-state index in [9.17, 15) is 8.42 Å². The van der Waals surface area contributed by atoms with Crippen molar-refractivity contribution in [3.8, 4) is 0 Å². The van der Waals surface area contributed by atoms with E-state index >= 15 is 0 Å². The quantitative estimate of drug-likeness (QED) is 0.849. The fourth-order valence-electron chi connectivity index (χ4n) is 2.29. The highest BCUT2D eigenvalue weighted by Crippen LogP contribution is 2.34. The molecule has 1 unspecified atom stereocenters. The van der Waals surface area contributed by atoms with E-state index < -0.39 is 10.0 Å². The van der Waals surface area contributed by atoms with Crippen molar-refractivity contribution in [2.45, 2.75) is 51.1 Å². The van der Waals surface area contributed by atoms with Crippen LogP contribution in [0.5, 0.6) is 0 Å². The lowest BCUT2D eigenvalue weighted by atomic mass is 10.2. The summed E-state index contributed by atoms with van der Waals surface area (Å²) in [6, 6.07) is -0.0322. The monoisotopic (exact) mass is 272 g/mol. The molecule has 0 aliphatic heterocycles. The average molecular weight is 272 g/mol. The average Bonchev–Trinajstić information content (AvgIpc) is 3.03. The predicted molar refractivity (Wildman–Crippen MR) is 68.6 cm³/mol. The third kappa shape index (κ3) is 2.46. The van der Waals surface area contributed by atoms with E-state index in [0.29, 0.717) is 23.0 Å². The molecule has 1 aromatic heterocycles. The maximum Gasteiger partial charge on any atom is 0.244 e. The van der Waals surface area contributed by atoms with Crippen LogP contribution in [0, 0.1) is 19.8 Å². The number of furan rings is 1. The van der Waals surface area contributed by atoms with Crippen LogP contribution in [0.2, 0.25) is 0 Å². The van der Waals surface area contributed by atoms with Crippen LogP contribution in [0.3, 0.4) is 0 Å². The van der Waals surface area contributed by atoms with Gasteiger partial charge in [-0.15, -0.1) is 0 Å². The largest absolute Gasteiger partial charge is 0.465 e. The van der Waals surface area contributed by atoms with Crippen molar-refractivity contribution in [2.75, 3.05) is 0 Å². The van der Waals surface area contributed by atoms with Gasteiger partial charge in [-0.3, -0.25) is 0 Å². The van der Waals surface area contributed by atoms with Gasteiger partial charge in [0.25, 0.3) is 0 Å². The molecule has 0 radical (unpaired) electrons. The Labute approximate surface area is 108 Å². The van der Waals surface area contributed by atoms with Gasteiger partial charge in [0.05, 0.1) is 0 Å².